The van der Waals surface area contributed by atoms with Crippen molar-refractivity contribution in [2.24, 2.45) is 0 Å². The Labute approximate surface area is 150 Å². The average Bonchev–Trinajstić information content (AvgIpc) is 2.47. The molecule has 0 radical (unpaired) electrons. The third-order valence-electron chi connectivity index (χ3n) is 2.92. The van der Waals surface area contributed by atoms with E-state index in [1.807, 2.05) is 0 Å². The number of hydrogen-bond donors (Lipinski definition) is 1. The molecule has 0 atom stereocenters. The molecule has 2 rings (SSSR count). The topological polar surface area (TPSA) is 29.1 Å². The monoisotopic (exact) mass is 393 g/mol. The van der Waals surface area contributed by atoms with Gasteiger partial charge in [-0.05, 0) is 42.0 Å². The van der Waals surface area contributed by atoms with Gasteiger partial charge in [0, 0.05) is 21.8 Å². The molecule has 0 heterocycles. The fourth-order valence-corrected chi connectivity index (χ4v) is 2.50. The van der Waals surface area contributed by atoms with E-state index in [4.69, 9.17) is 34.8 Å². The van der Waals surface area contributed by atoms with Gasteiger partial charge in [-0.2, -0.15) is 13.2 Å². The molecule has 1 N–H and O–H groups in total. The summed E-state index contributed by atoms with van der Waals surface area (Å²) in [4.78, 5) is 11.8. The van der Waals surface area contributed by atoms with Crippen LogP contribution in [0.1, 0.15) is 11.1 Å². The molecule has 2 aromatic carbocycles. The number of rotatable bonds is 3. The van der Waals surface area contributed by atoms with Gasteiger partial charge in [0.1, 0.15) is 0 Å². The Kier molecular flexibility index (Phi) is 5.80. The molecular weight excluding hydrogens is 386 g/mol. The van der Waals surface area contributed by atoms with Crippen LogP contribution in [0.25, 0.3) is 6.08 Å². The minimum atomic E-state index is -4.61. The average molecular weight is 395 g/mol. The van der Waals surface area contributed by atoms with Gasteiger partial charge in [-0.1, -0.05) is 40.9 Å². The Morgan fingerprint density at radius 2 is 1.71 bits per heavy atom. The second kappa shape index (κ2) is 7.47. The molecule has 0 aliphatic rings. The zero-order valence-corrected chi connectivity index (χ0v) is 14.1. The number of hydrogen-bond acceptors (Lipinski definition) is 1. The second-order valence-corrected chi connectivity index (χ2v) is 5.93. The summed E-state index contributed by atoms with van der Waals surface area (Å²) in [6, 6.07) is 7.83. The first-order valence-corrected chi connectivity index (χ1v) is 7.61. The Hall–Kier alpha value is -1.69. The molecule has 126 valence electrons. The molecule has 2 aromatic rings. The van der Waals surface area contributed by atoms with Crippen LogP contribution in [0, 0.1) is 0 Å². The lowest BCUT2D eigenvalue weighted by atomic mass is 10.2. The maximum absolute atomic E-state index is 12.8. The number of alkyl halides is 3. The number of benzene rings is 2. The van der Waals surface area contributed by atoms with Crippen LogP contribution < -0.4 is 5.32 Å². The summed E-state index contributed by atoms with van der Waals surface area (Å²) in [5.74, 6) is -0.614. The highest BCUT2D eigenvalue weighted by Crippen LogP contribution is 2.36. The Balaban J connectivity index is 2.14. The number of carbonyl (C=O) groups is 1. The maximum Gasteiger partial charge on any atom is 0.417 e. The van der Waals surface area contributed by atoms with Crippen molar-refractivity contribution in [2.45, 2.75) is 6.18 Å². The summed E-state index contributed by atoms with van der Waals surface area (Å²) in [5.41, 5.74) is -0.501. The van der Waals surface area contributed by atoms with E-state index >= 15 is 0 Å². The van der Waals surface area contributed by atoms with Gasteiger partial charge >= 0.3 is 6.18 Å². The van der Waals surface area contributed by atoms with Gasteiger partial charge in [0.2, 0.25) is 5.91 Å². The van der Waals surface area contributed by atoms with Crippen molar-refractivity contribution in [2.75, 3.05) is 5.32 Å². The van der Waals surface area contributed by atoms with Gasteiger partial charge in [-0.3, -0.25) is 4.79 Å². The van der Waals surface area contributed by atoms with E-state index in [9.17, 15) is 18.0 Å². The van der Waals surface area contributed by atoms with Crippen molar-refractivity contribution in [3.8, 4) is 0 Å². The lowest BCUT2D eigenvalue weighted by Crippen LogP contribution is -2.11. The third kappa shape index (κ3) is 4.90. The zero-order chi connectivity index (χ0) is 17.9. The van der Waals surface area contributed by atoms with Crippen molar-refractivity contribution in [3.05, 3.63) is 68.7 Å². The summed E-state index contributed by atoms with van der Waals surface area (Å²) in [6.45, 7) is 0. The number of amides is 1. The van der Waals surface area contributed by atoms with Crippen LogP contribution in [0.2, 0.25) is 15.1 Å². The number of nitrogens with one attached hydrogen (secondary N) is 1. The first-order chi connectivity index (χ1) is 11.2. The SMILES string of the molecule is O=C(C=Cc1ccc(Cl)cc1Cl)Nc1ccc(Cl)c(C(F)(F)F)c1. The van der Waals surface area contributed by atoms with Crippen LogP contribution >= 0.6 is 34.8 Å². The molecular formula is C16H9Cl3F3NO. The third-order valence-corrected chi connectivity index (χ3v) is 3.81. The van der Waals surface area contributed by atoms with E-state index in [1.165, 1.54) is 18.2 Å². The van der Waals surface area contributed by atoms with Gasteiger partial charge < -0.3 is 5.32 Å². The maximum atomic E-state index is 12.8. The highest BCUT2D eigenvalue weighted by Gasteiger charge is 2.33. The van der Waals surface area contributed by atoms with Crippen LogP contribution in [0.4, 0.5) is 18.9 Å². The molecule has 2 nitrogen and oxygen atoms in total. The number of carbonyl (C=O) groups excluding carboxylic acids is 1. The van der Waals surface area contributed by atoms with E-state index in [-0.39, 0.29) is 5.69 Å². The zero-order valence-electron chi connectivity index (χ0n) is 11.8. The molecule has 1 amide bonds. The van der Waals surface area contributed by atoms with Crippen LogP contribution in [0.3, 0.4) is 0 Å². The van der Waals surface area contributed by atoms with E-state index in [2.05, 4.69) is 5.32 Å². The summed E-state index contributed by atoms with van der Waals surface area (Å²) >= 11 is 17.2. The van der Waals surface area contributed by atoms with E-state index in [1.54, 1.807) is 12.1 Å². The predicted octanol–water partition coefficient (Wildman–Crippen LogP) is 6.32. The first kappa shape index (κ1) is 18.6. The van der Waals surface area contributed by atoms with Crippen molar-refractivity contribution < 1.29 is 18.0 Å². The number of anilines is 1. The molecule has 0 saturated heterocycles. The predicted molar refractivity (Wildman–Crippen MR) is 90.6 cm³/mol. The minimum Gasteiger partial charge on any atom is -0.322 e. The van der Waals surface area contributed by atoms with Gasteiger partial charge in [0.15, 0.2) is 0 Å². The van der Waals surface area contributed by atoms with Crippen molar-refractivity contribution in [1.29, 1.82) is 0 Å². The molecule has 0 unspecified atom stereocenters. The van der Waals surface area contributed by atoms with Gasteiger partial charge in [-0.15, -0.1) is 0 Å². The summed E-state index contributed by atoms with van der Waals surface area (Å²) in [7, 11) is 0. The Bertz CT molecular complexity index is 804. The molecule has 0 aromatic heterocycles. The van der Waals surface area contributed by atoms with E-state index in [0.717, 1.165) is 18.2 Å². The van der Waals surface area contributed by atoms with Crippen LogP contribution in [-0.2, 0) is 11.0 Å². The van der Waals surface area contributed by atoms with E-state index in [0.29, 0.717) is 15.6 Å². The summed E-state index contributed by atoms with van der Waals surface area (Å²) in [5, 5.41) is 2.68. The molecule has 0 aliphatic heterocycles. The fraction of sp³-hybridized carbons (Fsp3) is 0.0625. The fourth-order valence-electron chi connectivity index (χ4n) is 1.81. The lowest BCUT2D eigenvalue weighted by Gasteiger charge is -2.11. The largest absolute Gasteiger partial charge is 0.417 e. The minimum absolute atomic E-state index is 0.0245. The smallest absolute Gasteiger partial charge is 0.322 e. The molecule has 8 heteroatoms. The normalized spacial score (nSPS) is 11.8. The molecule has 0 aliphatic carbocycles. The highest BCUT2D eigenvalue weighted by atomic mass is 35.5. The van der Waals surface area contributed by atoms with Gasteiger partial charge in [-0.25, -0.2) is 0 Å². The van der Waals surface area contributed by atoms with Crippen LogP contribution in [-0.4, -0.2) is 5.91 Å². The summed E-state index contributed by atoms with van der Waals surface area (Å²) in [6.07, 6.45) is -2.03. The molecule has 0 bridgehead atoms. The van der Waals surface area contributed by atoms with Crippen LogP contribution in [0.15, 0.2) is 42.5 Å². The van der Waals surface area contributed by atoms with Crippen molar-refractivity contribution in [3.63, 3.8) is 0 Å². The molecule has 0 saturated carbocycles. The second-order valence-electron chi connectivity index (χ2n) is 4.68. The van der Waals surface area contributed by atoms with Gasteiger partial charge in [0.25, 0.3) is 0 Å². The molecule has 24 heavy (non-hydrogen) atoms. The number of halogens is 6. The Morgan fingerprint density at radius 1 is 1.00 bits per heavy atom. The molecule has 0 fully saturated rings. The summed E-state index contributed by atoms with van der Waals surface area (Å²) < 4.78 is 38.3. The molecule has 0 spiro atoms. The van der Waals surface area contributed by atoms with Crippen molar-refractivity contribution >= 4 is 52.5 Å². The highest BCUT2D eigenvalue weighted by molar-refractivity contribution is 6.35. The van der Waals surface area contributed by atoms with Gasteiger partial charge in [0.05, 0.1) is 10.6 Å². The quantitative estimate of drug-likeness (QED) is 0.607. The van der Waals surface area contributed by atoms with E-state index < -0.39 is 22.7 Å². The lowest BCUT2D eigenvalue weighted by molar-refractivity contribution is -0.137. The van der Waals surface area contributed by atoms with Crippen molar-refractivity contribution in [1.82, 2.24) is 0 Å². The van der Waals surface area contributed by atoms with Crippen LogP contribution in [0.5, 0.6) is 0 Å². The standard InChI is InChI=1S/C16H9Cl3F3NO/c17-10-3-1-9(14(19)7-10)2-6-15(24)23-11-4-5-13(18)12(8-11)16(20,21)22/h1-8H,(H,23,24). The Morgan fingerprint density at radius 3 is 2.33 bits per heavy atom. The first-order valence-electron chi connectivity index (χ1n) is 6.47.